The van der Waals surface area contributed by atoms with Crippen molar-refractivity contribution in [2.24, 2.45) is 0 Å². The highest BCUT2D eigenvalue weighted by molar-refractivity contribution is 5.99. The molecule has 5 aromatic rings. The Morgan fingerprint density at radius 3 is 2.70 bits per heavy atom. The molecule has 0 atom stereocenters. The van der Waals surface area contributed by atoms with Gasteiger partial charge in [-0.3, -0.25) is 4.79 Å². The molecule has 0 bridgehead atoms. The minimum absolute atomic E-state index is 0.0920. The van der Waals surface area contributed by atoms with Crippen LogP contribution in [-0.4, -0.2) is 82.2 Å². The summed E-state index contributed by atoms with van der Waals surface area (Å²) in [6.45, 7) is 4.17. The molecule has 13 nitrogen and oxygen atoms in total. The molecule has 0 aliphatic carbocycles. The summed E-state index contributed by atoms with van der Waals surface area (Å²) < 4.78 is 23.1. The van der Waals surface area contributed by atoms with E-state index in [1.54, 1.807) is 7.11 Å². The maximum absolute atomic E-state index is 12.8. The Balaban J connectivity index is 1.12. The zero-order valence-corrected chi connectivity index (χ0v) is 24.0. The van der Waals surface area contributed by atoms with Crippen LogP contribution in [0.4, 0.5) is 11.8 Å². The molecule has 4 heterocycles. The van der Waals surface area contributed by atoms with Gasteiger partial charge in [0, 0.05) is 25.8 Å². The average molecular weight is 587 g/mol. The SMILES string of the molecule is COCCOCCOCCC(=O)N1CCc2cc(Cn3nc(-c4ccc5oc(N)nc5c4)c4c(N)ncnc43)ccc2C1. The number of aromatic nitrogens is 5. The Morgan fingerprint density at radius 1 is 1.00 bits per heavy atom. The second-order valence-electron chi connectivity index (χ2n) is 10.3. The van der Waals surface area contributed by atoms with Gasteiger partial charge in [-0.25, -0.2) is 14.6 Å². The number of carbonyl (C=O) groups excluding carboxylic acids is 1. The highest BCUT2D eigenvalue weighted by atomic mass is 16.5. The van der Waals surface area contributed by atoms with Gasteiger partial charge in [0.05, 0.1) is 51.4 Å². The number of nitrogens with two attached hydrogens (primary N) is 2. The van der Waals surface area contributed by atoms with Crippen LogP contribution in [0.15, 0.2) is 47.1 Å². The number of rotatable bonds is 12. The van der Waals surface area contributed by atoms with Crippen molar-refractivity contribution in [2.75, 3.05) is 58.2 Å². The monoisotopic (exact) mass is 586 g/mol. The molecule has 0 spiro atoms. The van der Waals surface area contributed by atoms with Crippen LogP contribution >= 0.6 is 0 Å². The van der Waals surface area contributed by atoms with Gasteiger partial charge in [0.1, 0.15) is 23.4 Å². The van der Waals surface area contributed by atoms with Crippen LogP contribution in [0.2, 0.25) is 0 Å². The van der Waals surface area contributed by atoms with Crippen molar-refractivity contribution in [1.82, 2.24) is 29.6 Å². The van der Waals surface area contributed by atoms with Gasteiger partial charge in [-0.1, -0.05) is 18.2 Å². The van der Waals surface area contributed by atoms with E-state index in [1.807, 2.05) is 27.8 Å². The molecule has 0 saturated carbocycles. The fraction of sp³-hybridized carbons (Fsp3) is 0.367. The smallest absolute Gasteiger partial charge is 0.292 e. The van der Waals surface area contributed by atoms with E-state index in [0.29, 0.717) is 92.7 Å². The number of ether oxygens (including phenoxy) is 3. The van der Waals surface area contributed by atoms with Gasteiger partial charge < -0.3 is 35.0 Å². The van der Waals surface area contributed by atoms with Crippen molar-refractivity contribution in [3.05, 3.63) is 59.4 Å². The quantitative estimate of drug-likeness (QED) is 0.206. The predicted molar refractivity (Wildman–Crippen MR) is 160 cm³/mol. The largest absolute Gasteiger partial charge is 0.424 e. The van der Waals surface area contributed by atoms with E-state index < -0.39 is 0 Å². The Hall–Kier alpha value is -4.59. The molecule has 6 rings (SSSR count). The number of nitrogen functional groups attached to an aromatic ring is 2. The zero-order chi connectivity index (χ0) is 29.8. The lowest BCUT2D eigenvalue weighted by Gasteiger charge is -2.29. The van der Waals surface area contributed by atoms with Crippen molar-refractivity contribution in [1.29, 1.82) is 0 Å². The van der Waals surface area contributed by atoms with Crippen LogP contribution in [0.5, 0.6) is 0 Å². The van der Waals surface area contributed by atoms with Gasteiger partial charge in [-0.15, -0.1) is 0 Å². The minimum atomic E-state index is 0.0920. The van der Waals surface area contributed by atoms with Crippen molar-refractivity contribution >= 4 is 39.9 Å². The summed E-state index contributed by atoms with van der Waals surface area (Å²) in [6.07, 6.45) is 2.58. The molecule has 0 saturated heterocycles. The molecule has 1 amide bonds. The fourth-order valence-corrected chi connectivity index (χ4v) is 5.31. The van der Waals surface area contributed by atoms with E-state index in [0.717, 1.165) is 23.1 Å². The van der Waals surface area contributed by atoms with Crippen molar-refractivity contribution in [3.63, 3.8) is 0 Å². The topological polar surface area (TPSA) is 170 Å². The predicted octanol–water partition coefficient (Wildman–Crippen LogP) is 2.80. The minimum Gasteiger partial charge on any atom is -0.424 e. The van der Waals surface area contributed by atoms with Gasteiger partial charge in [-0.05, 0) is 41.3 Å². The van der Waals surface area contributed by atoms with Crippen molar-refractivity contribution in [3.8, 4) is 11.3 Å². The maximum Gasteiger partial charge on any atom is 0.292 e. The molecule has 4 N–H and O–H groups in total. The molecular formula is C30H34N8O5. The third kappa shape index (κ3) is 6.28. The number of carbonyl (C=O) groups is 1. The van der Waals surface area contributed by atoms with Crippen LogP contribution in [0.3, 0.4) is 0 Å². The molecule has 43 heavy (non-hydrogen) atoms. The Kier molecular flexibility index (Phi) is 8.45. The van der Waals surface area contributed by atoms with Crippen molar-refractivity contribution in [2.45, 2.75) is 25.9 Å². The van der Waals surface area contributed by atoms with E-state index in [9.17, 15) is 4.79 Å². The summed E-state index contributed by atoms with van der Waals surface area (Å²) in [6, 6.07) is 12.0. The first-order chi connectivity index (χ1) is 21.0. The number of methoxy groups -OCH3 is 1. The number of nitrogens with zero attached hydrogens (tertiary/aromatic N) is 6. The van der Waals surface area contributed by atoms with E-state index in [-0.39, 0.29) is 11.9 Å². The molecule has 1 aliphatic rings. The summed E-state index contributed by atoms with van der Waals surface area (Å²) in [5.74, 6) is 0.441. The molecule has 0 unspecified atom stereocenters. The zero-order valence-electron chi connectivity index (χ0n) is 24.0. The lowest BCUT2D eigenvalue weighted by molar-refractivity contribution is -0.133. The third-order valence-corrected chi connectivity index (χ3v) is 7.47. The molecule has 1 aliphatic heterocycles. The van der Waals surface area contributed by atoms with Gasteiger partial charge in [0.25, 0.3) is 6.01 Å². The van der Waals surface area contributed by atoms with E-state index in [1.165, 1.54) is 11.9 Å². The van der Waals surface area contributed by atoms with Crippen molar-refractivity contribution < 1.29 is 23.4 Å². The average Bonchev–Trinajstić information content (AvgIpc) is 3.57. The lowest BCUT2D eigenvalue weighted by Crippen LogP contribution is -2.36. The summed E-state index contributed by atoms with van der Waals surface area (Å²) in [7, 11) is 1.63. The lowest BCUT2D eigenvalue weighted by atomic mass is 9.97. The number of hydrogen-bond donors (Lipinski definition) is 2. The maximum atomic E-state index is 12.8. The van der Waals surface area contributed by atoms with Gasteiger partial charge in [-0.2, -0.15) is 10.1 Å². The van der Waals surface area contributed by atoms with Crippen LogP contribution in [0.25, 0.3) is 33.4 Å². The Morgan fingerprint density at radius 2 is 1.84 bits per heavy atom. The molecule has 0 fully saturated rings. The number of hydrogen-bond acceptors (Lipinski definition) is 11. The van der Waals surface area contributed by atoms with Crippen LogP contribution in [0.1, 0.15) is 23.1 Å². The molecule has 2 aromatic carbocycles. The molecule has 13 heteroatoms. The summed E-state index contributed by atoms with van der Waals surface area (Å²) in [4.78, 5) is 27.6. The first kappa shape index (κ1) is 28.5. The van der Waals surface area contributed by atoms with Gasteiger partial charge >= 0.3 is 0 Å². The van der Waals surface area contributed by atoms with Crippen LogP contribution < -0.4 is 11.5 Å². The van der Waals surface area contributed by atoms with E-state index in [2.05, 4.69) is 33.2 Å². The number of anilines is 2. The summed E-state index contributed by atoms with van der Waals surface area (Å²) in [5, 5.41) is 5.58. The summed E-state index contributed by atoms with van der Waals surface area (Å²) in [5.41, 5.74) is 18.8. The highest BCUT2D eigenvalue weighted by Crippen LogP contribution is 2.33. The van der Waals surface area contributed by atoms with Gasteiger partial charge in [0.15, 0.2) is 11.2 Å². The first-order valence-electron chi connectivity index (χ1n) is 14.2. The number of amides is 1. The van der Waals surface area contributed by atoms with Crippen LogP contribution in [-0.2, 0) is 38.5 Å². The number of fused-ring (bicyclic) bond motifs is 3. The van der Waals surface area contributed by atoms with Gasteiger partial charge in [0.2, 0.25) is 5.91 Å². The highest BCUT2D eigenvalue weighted by Gasteiger charge is 2.22. The van der Waals surface area contributed by atoms with Crippen LogP contribution in [0, 0.1) is 0 Å². The van der Waals surface area contributed by atoms with E-state index >= 15 is 0 Å². The van der Waals surface area contributed by atoms with E-state index in [4.69, 9.17) is 35.2 Å². The second kappa shape index (κ2) is 12.7. The Labute approximate surface area is 247 Å². The number of benzene rings is 2. The standard InChI is InChI=1S/C30H34N8O5/c1-40-10-11-42-13-12-41-9-7-25(39)37-8-6-20-14-19(2-3-22(20)17-37)16-38-29-26(28(31)33-18-34-29)27(36-38)21-4-5-24-23(15-21)35-30(32)43-24/h2-5,14-15,18H,6-13,16-17H2,1H3,(H2,32,35)(H2,31,33,34). The number of oxazole rings is 1. The molecule has 224 valence electrons. The normalized spacial score (nSPS) is 13.2. The molecule has 3 aromatic heterocycles. The fourth-order valence-electron chi connectivity index (χ4n) is 5.31. The molecule has 0 radical (unpaired) electrons. The second-order valence-corrected chi connectivity index (χ2v) is 10.3. The summed E-state index contributed by atoms with van der Waals surface area (Å²) >= 11 is 0. The third-order valence-electron chi connectivity index (χ3n) is 7.47. The molecular weight excluding hydrogens is 552 g/mol. The first-order valence-corrected chi connectivity index (χ1v) is 14.2. The Bertz CT molecular complexity index is 1750.